The van der Waals surface area contributed by atoms with Gasteiger partial charge in [0.1, 0.15) is 0 Å². The first-order valence-electron chi connectivity index (χ1n) is 17.4. The Hall–Kier alpha value is -4.98. The lowest BCUT2D eigenvalue weighted by Gasteiger charge is -2.34. The number of fused-ring (bicyclic) bond motifs is 6. The maximum Gasteiger partial charge on any atom is 0.0714 e. The van der Waals surface area contributed by atoms with E-state index in [1.54, 1.807) is 0 Å². The fraction of sp³-hybridized carbons (Fsp3) is 0.125. The van der Waals surface area contributed by atoms with E-state index in [0.29, 0.717) is 5.92 Å². The zero-order chi connectivity index (χ0) is 33.1. The average Bonchev–Trinajstić information content (AvgIpc) is 3.33. The van der Waals surface area contributed by atoms with Gasteiger partial charge in [0.25, 0.3) is 0 Å². The summed E-state index contributed by atoms with van der Waals surface area (Å²) in [4.78, 5) is 0. The molecule has 0 radical (unpaired) electrons. The summed E-state index contributed by atoms with van der Waals surface area (Å²) in [6.45, 7) is 4.35. The van der Waals surface area contributed by atoms with Gasteiger partial charge in [0.15, 0.2) is 0 Å². The number of benzene rings is 7. The number of hydrogen-bond donors (Lipinski definition) is 0. The van der Waals surface area contributed by atoms with Crippen LogP contribution in [0.3, 0.4) is 0 Å². The first kappa shape index (κ1) is 30.1. The van der Waals surface area contributed by atoms with Crippen LogP contribution in [0.4, 0.5) is 0 Å². The van der Waals surface area contributed by atoms with E-state index in [0.717, 1.165) is 17.3 Å². The van der Waals surface area contributed by atoms with Crippen molar-refractivity contribution in [1.82, 2.24) is 0 Å². The fourth-order valence-corrected chi connectivity index (χ4v) is 9.24. The number of halogens is 1. The zero-order valence-corrected chi connectivity index (χ0v) is 29.5. The van der Waals surface area contributed by atoms with Crippen molar-refractivity contribution in [3.05, 3.63) is 212 Å². The second kappa shape index (κ2) is 11.9. The molecule has 1 atom stereocenters. The van der Waals surface area contributed by atoms with Crippen molar-refractivity contribution in [3.8, 4) is 33.4 Å². The second-order valence-electron chi connectivity index (χ2n) is 13.9. The van der Waals surface area contributed by atoms with E-state index in [1.165, 1.54) is 83.5 Å². The van der Waals surface area contributed by atoms with E-state index < -0.39 is 5.41 Å². The Morgan fingerprint density at radius 3 is 1.92 bits per heavy atom. The lowest BCUT2D eigenvalue weighted by molar-refractivity contribution is 0.726. The highest BCUT2D eigenvalue weighted by atomic mass is 79.9. The van der Waals surface area contributed by atoms with Crippen LogP contribution < -0.4 is 0 Å². The van der Waals surface area contributed by atoms with Crippen molar-refractivity contribution >= 4 is 15.9 Å². The second-order valence-corrected chi connectivity index (χ2v) is 14.7. The molecule has 0 heterocycles. The molecule has 0 bridgehead atoms. The number of hydrogen-bond acceptors (Lipinski definition) is 0. The van der Waals surface area contributed by atoms with E-state index in [-0.39, 0.29) is 0 Å². The molecule has 236 valence electrons. The van der Waals surface area contributed by atoms with E-state index in [9.17, 15) is 0 Å². The van der Waals surface area contributed by atoms with Crippen molar-refractivity contribution in [1.29, 1.82) is 0 Å². The zero-order valence-electron chi connectivity index (χ0n) is 27.9. The predicted octanol–water partition coefficient (Wildman–Crippen LogP) is 12.8. The molecule has 0 N–H and O–H groups in total. The molecule has 7 aromatic rings. The molecule has 0 saturated carbocycles. The Morgan fingerprint density at radius 1 is 0.531 bits per heavy atom. The lowest BCUT2D eigenvalue weighted by Crippen LogP contribution is -2.28. The third kappa shape index (κ3) is 4.78. The predicted molar refractivity (Wildman–Crippen MR) is 208 cm³/mol. The van der Waals surface area contributed by atoms with Gasteiger partial charge in [-0.05, 0) is 112 Å². The normalized spacial score (nSPS) is 15.4. The smallest absolute Gasteiger partial charge is 0.0622 e. The van der Waals surface area contributed by atoms with Gasteiger partial charge in [-0.15, -0.1) is 0 Å². The molecule has 0 spiro atoms. The summed E-state index contributed by atoms with van der Waals surface area (Å²) in [6.07, 6.45) is 2.16. The van der Waals surface area contributed by atoms with Crippen molar-refractivity contribution < 1.29 is 0 Å². The van der Waals surface area contributed by atoms with Crippen molar-refractivity contribution in [2.24, 2.45) is 0 Å². The minimum absolute atomic E-state index is 0.384. The molecule has 0 nitrogen and oxygen atoms in total. The molecule has 0 fully saturated rings. The lowest BCUT2D eigenvalue weighted by atomic mass is 9.67. The van der Waals surface area contributed by atoms with E-state index >= 15 is 0 Å². The summed E-state index contributed by atoms with van der Waals surface area (Å²) in [5.74, 6) is 0.384. The minimum atomic E-state index is -0.451. The van der Waals surface area contributed by atoms with Crippen LogP contribution in [0.25, 0.3) is 33.4 Å². The van der Waals surface area contributed by atoms with E-state index in [4.69, 9.17) is 0 Å². The Balaban J connectivity index is 1.26. The van der Waals surface area contributed by atoms with Crippen LogP contribution in [0.15, 0.2) is 162 Å². The summed E-state index contributed by atoms with van der Waals surface area (Å²) in [6, 6.07) is 59.6. The first-order chi connectivity index (χ1) is 24.0. The monoisotopic (exact) mass is 692 g/mol. The third-order valence-electron chi connectivity index (χ3n) is 11.1. The molecule has 2 aliphatic rings. The molecule has 9 rings (SSSR count). The Bertz CT molecular complexity index is 2300. The van der Waals surface area contributed by atoms with E-state index in [1.807, 2.05) is 0 Å². The summed E-state index contributed by atoms with van der Waals surface area (Å²) in [7, 11) is 0. The van der Waals surface area contributed by atoms with Gasteiger partial charge in [-0.3, -0.25) is 0 Å². The highest BCUT2D eigenvalue weighted by Gasteiger charge is 2.47. The number of aryl methyl sites for hydroxylation is 3. The summed E-state index contributed by atoms with van der Waals surface area (Å²) >= 11 is 3.99. The SMILES string of the molecule is Cc1ccc(C2(c3ccc(C)cc3)c3cc(-c4ccc5c(c4)-c4ccccc4C(c4ccccc4)CC5)ccc3-c3c(Br)cccc32)cc1. The van der Waals surface area contributed by atoms with Crippen LogP contribution in [-0.2, 0) is 11.8 Å². The van der Waals surface area contributed by atoms with Gasteiger partial charge in [0.2, 0.25) is 0 Å². The van der Waals surface area contributed by atoms with Crippen molar-refractivity contribution in [3.63, 3.8) is 0 Å². The van der Waals surface area contributed by atoms with Crippen molar-refractivity contribution in [2.75, 3.05) is 0 Å². The van der Waals surface area contributed by atoms with Gasteiger partial charge in [-0.1, -0.05) is 167 Å². The largest absolute Gasteiger partial charge is 0.0714 e. The van der Waals surface area contributed by atoms with Gasteiger partial charge in [0.05, 0.1) is 5.41 Å². The molecule has 49 heavy (non-hydrogen) atoms. The van der Waals surface area contributed by atoms with Gasteiger partial charge in [-0.2, -0.15) is 0 Å². The molecule has 0 saturated heterocycles. The highest BCUT2D eigenvalue weighted by Crippen LogP contribution is 2.58. The minimum Gasteiger partial charge on any atom is -0.0622 e. The average molecular weight is 694 g/mol. The highest BCUT2D eigenvalue weighted by molar-refractivity contribution is 9.10. The van der Waals surface area contributed by atoms with Crippen LogP contribution in [0, 0.1) is 13.8 Å². The van der Waals surface area contributed by atoms with Gasteiger partial charge in [0, 0.05) is 16.0 Å². The molecule has 0 amide bonds. The van der Waals surface area contributed by atoms with Gasteiger partial charge in [-0.25, -0.2) is 0 Å². The van der Waals surface area contributed by atoms with Crippen LogP contribution in [0.2, 0.25) is 0 Å². The molecule has 7 aromatic carbocycles. The molecular weight excluding hydrogens is 656 g/mol. The molecule has 2 aliphatic carbocycles. The number of rotatable bonds is 4. The van der Waals surface area contributed by atoms with Crippen LogP contribution in [0.5, 0.6) is 0 Å². The maximum atomic E-state index is 3.99. The van der Waals surface area contributed by atoms with Crippen LogP contribution in [0.1, 0.15) is 62.4 Å². The van der Waals surface area contributed by atoms with Crippen LogP contribution >= 0.6 is 15.9 Å². The Labute approximate surface area is 298 Å². The standard InChI is InChI=1S/C48H37Br/c1-31-15-23-37(24-16-31)48(38-25-17-32(2)18-26-38)44-13-8-14-46(49)47(44)42-28-22-36(30-45(42)48)35-20-19-34-21-27-39(33-9-4-3-5-10-33)40-11-6-7-12-41(40)43(34)29-35/h3-20,22-26,28-30,39H,21,27H2,1-2H3. The summed E-state index contributed by atoms with van der Waals surface area (Å²) in [5.41, 5.74) is 19.4. The van der Waals surface area contributed by atoms with Gasteiger partial charge < -0.3 is 0 Å². The van der Waals surface area contributed by atoms with E-state index in [2.05, 4.69) is 188 Å². The first-order valence-corrected chi connectivity index (χ1v) is 18.2. The Morgan fingerprint density at radius 2 is 1.18 bits per heavy atom. The molecule has 0 aromatic heterocycles. The molecule has 1 heteroatoms. The topological polar surface area (TPSA) is 0 Å². The van der Waals surface area contributed by atoms with Gasteiger partial charge >= 0.3 is 0 Å². The summed E-state index contributed by atoms with van der Waals surface area (Å²) in [5, 5.41) is 0. The molecule has 1 unspecified atom stereocenters. The fourth-order valence-electron chi connectivity index (χ4n) is 8.66. The van der Waals surface area contributed by atoms with Crippen molar-refractivity contribution in [2.45, 2.75) is 38.0 Å². The van der Waals surface area contributed by atoms with Crippen LogP contribution in [-0.4, -0.2) is 0 Å². The Kier molecular flexibility index (Phi) is 7.29. The summed E-state index contributed by atoms with van der Waals surface area (Å²) < 4.78 is 1.13. The maximum absolute atomic E-state index is 3.99. The third-order valence-corrected chi connectivity index (χ3v) is 11.7. The quantitative estimate of drug-likeness (QED) is 0.172. The molecule has 0 aliphatic heterocycles. The molecular formula is C48H37Br.